The number of pyridine rings is 1. The van der Waals surface area contributed by atoms with E-state index < -0.39 is 0 Å². The first-order valence-electron chi connectivity index (χ1n) is 10.8. The molecule has 2 aromatic carbocycles. The van der Waals surface area contributed by atoms with Crippen molar-refractivity contribution in [3.8, 4) is 0 Å². The Kier molecular flexibility index (Phi) is 7.02. The van der Waals surface area contributed by atoms with Gasteiger partial charge in [0, 0.05) is 18.5 Å². The van der Waals surface area contributed by atoms with E-state index >= 15 is 0 Å². The van der Waals surface area contributed by atoms with Crippen molar-refractivity contribution in [3.05, 3.63) is 101 Å². The van der Waals surface area contributed by atoms with E-state index in [1.807, 2.05) is 55.5 Å². The maximum atomic E-state index is 13.4. The van der Waals surface area contributed by atoms with Gasteiger partial charge in [-0.15, -0.1) is 0 Å². The fourth-order valence-corrected chi connectivity index (χ4v) is 3.72. The number of ether oxygens (including phenoxy) is 1. The normalized spacial score (nSPS) is 16.6. The van der Waals surface area contributed by atoms with Gasteiger partial charge in [-0.1, -0.05) is 48.5 Å². The van der Waals surface area contributed by atoms with Gasteiger partial charge in [-0.3, -0.25) is 9.78 Å². The highest BCUT2D eigenvalue weighted by Crippen LogP contribution is 2.22. The second kappa shape index (κ2) is 10.3. The first kappa shape index (κ1) is 21.8. The van der Waals surface area contributed by atoms with Crippen molar-refractivity contribution in [1.29, 1.82) is 0 Å². The summed E-state index contributed by atoms with van der Waals surface area (Å²) < 4.78 is 19.3. The zero-order valence-electron chi connectivity index (χ0n) is 18.1. The summed E-state index contributed by atoms with van der Waals surface area (Å²) >= 11 is 0. The van der Waals surface area contributed by atoms with Crippen molar-refractivity contribution in [1.82, 2.24) is 9.99 Å². The van der Waals surface area contributed by atoms with Crippen LogP contribution in [0.15, 0.2) is 77.9 Å². The molecule has 0 saturated carbocycles. The summed E-state index contributed by atoms with van der Waals surface area (Å²) in [6.07, 6.45) is 1.58. The van der Waals surface area contributed by atoms with Crippen LogP contribution in [-0.4, -0.2) is 34.3 Å². The third-order valence-corrected chi connectivity index (χ3v) is 5.41. The minimum Gasteiger partial charge on any atom is -0.375 e. The Labute approximate surface area is 187 Å². The molecule has 0 N–H and O–H groups in total. The number of hydrogen-bond donors (Lipinski definition) is 0. The number of rotatable bonds is 8. The molecule has 3 aromatic rings. The molecule has 1 atom stereocenters. The van der Waals surface area contributed by atoms with Crippen LogP contribution >= 0.6 is 0 Å². The van der Waals surface area contributed by atoms with Gasteiger partial charge in [0.15, 0.2) is 0 Å². The summed E-state index contributed by atoms with van der Waals surface area (Å²) in [7, 11) is 0. The molecule has 1 aliphatic heterocycles. The minimum atomic E-state index is -0.286. The van der Waals surface area contributed by atoms with Crippen LogP contribution in [0.2, 0.25) is 0 Å². The molecule has 0 aliphatic carbocycles. The van der Waals surface area contributed by atoms with Crippen LogP contribution in [0.5, 0.6) is 0 Å². The van der Waals surface area contributed by atoms with Gasteiger partial charge in [0.25, 0.3) is 0 Å². The van der Waals surface area contributed by atoms with Crippen molar-refractivity contribution in [3.63, 3.8) is 0 Å². The zero-order valence-corrected chi connectivity index (χ0v) is 18.1. The van der Waals surface area contributed by atoms with Gasteiger partial charge in [0.2, 0.25) is 5.91 Å². The molecule has 4 rings (SSSR count). The zero-order chi connectivity index (χ0) is 22.3. The summed E-state index contributed by atoms with van der Waals surface area (Å²) in [5.41, 5.74) is 4.23. The molecule has 32 heavy (non-hydrogen) atoms. The lowest BCUT2D eigenvalue weighted by Crippen LogP contribution is -2.33. The van der Waals surface area contributed by atoms with Gasteiger partial charge in [-0.25, -0.2) is 9.40 Å². The van der Waals surface area contributed by atoms with Crippen molar-refractivity contribution < 1.29 is 13.9 Å². The first-order chi connectivity index (χ1) is 15.6. The van der Waals surface area contributed by atoms with E-state index in [4.69, 9.17) is 9.84 Å². The van der Waals surface area contributed by atoms with Gasteiger partial charge < -0.3 is 4.74 Å². The second-order valence-electron chi connectivity index (χ2n) is 7.95. The summed E-state index contributed by atoms with van der Waals surface area (Å²) in [4.78, 5) is 17.2. The monoisotopic (exact) mass is 431 g/mol. The largest absolute Gasteiger partial charge is 0.375 e. The summed E-state index contributed by atoms with van der Waals surface area (Å²) in [5.74, 6) is -0.311. The molecule has 164 valence electrons. The van der Waals surface area contributed by atoms with Gasteiger partial charge in [0.05, 0.1) is 30.7 Å². The van der Waals surface area contributed by atoms with E-state index in [-0.39, 0.29) is 17.8 Å². The highest BCUT2D eigenvalue weighted by molar-refractivity contribution is 6.01. The number of halogens is 1. The third-order valence-electron chi connectivity index (χ3n) is 5.41. The number of hydrazone groups is 1. The molecule has 0 bridgehead atoms. The molecule has 0 radical (unpaired) electrons. The van der Waals surface area contributed by atoms with E-state index in [1.165, 1.54) is 12.1 Å². The first-order valence-corrected chi connectivity index (χ1v) is 10.8. The maximum Gasteiger partial charge on any atom is 0.243 e. The number of nitrogens with zero attached hydrogens (tertiary/aromatic N) is 3. The Hall–Kier alpha value is -3.38. The molecular weight excluding hydrogens is 405 g/mol. The molecule has 0 unspecified atom stereocenters. The van der Waals surface area contributed by atoms with Crippen molar-refractivity contribution in [2.75, 3.05) is 6.61 Å². The highest BCUT2D eigenvalue weighted by atomic mass is 19.1. The Morgan fingerprint density at radius 1 is 1.06 bits per heavy atom. The molecule has 1 saturated heterocycles. The summed E-state index contributed by atoms with van der Waals surface area (Å²) in [5, 5.41) is 6.31. The number of hydrogen-bond acceptors (Lipinski definition) is 4. The van der Waals surface area contributed by atoms with Crippen LogP contribution in [0.4, 0.5) is 4.39 Å². The maximum absolute atomic E-state index is 13.4. The lowest BCUT2D eigenvalue weighted by atomic mass is 10.1. The van der Waals surface area contributed by atoms with E-state index in [0.717, 1.165) is 16.8 Å². The number of aryl methyl sites for hydroxylation is 1. The summed E-state index contributed by atoms with van der Waals surface area (Å²) in [6, 6.07) is 21.9. The van der Waals surface area contributed by atoms with Gasteiger partial charge in [0.1, 0.15) is 5.82 Å². The standard InChI is InChI=1S/C26H26FN3O2/c1-19-6-5-9-24(28-19)25(16-20-10-12-22(27)13-11-20)29-30-23(14-15-26(30)31)18-32-17-21-7-3-2-4-8-21/h2-13,23H,14-18H2,1H3/b29-25+/t23-/m0/s1. The van der Waals surface area contributed by atoms with E-state index in [0.29, 0.717) is 43.9 Å². The fourth-order valence-electron chi connectivity index (χ4n) is 3.72. The van der Waals surface area contributed by atoms with E-state index in [9.17, 15) is 9.18 Å². The van der Waals surface area contributed by atoms with E-state index in [2.05, 4.69) is 4.98 Å². The fraction of sp³-hybridized carbons (Fsp3) is 0.269. The molecule has 1 amide bonds. The molecule has 2 heterocycles. The molecule has 5 nitrogen and oxygen atoms in total. The Morgan fingerprint density at radius 2 is 1.84 bits per heavy atom. The van der Waals surface area contributed by atoms with Crippen LogP contribution in [0.3, 0.4) is 0 Å². The van der Waals surface area contributed by atoms with Crippen molar-refractivity contribution >= 4 is 11.6 Å². The Balaban J connectivity index is 1.55. The quantitative estimate of drug-likeness (QED) is 0.487. The van der Waals surface area contributed by atoms with Gasteiger partial charge in [-0.05, 0) is 48.7 Å². The average Bonchev–Trinajstić information content (AvgIpc) is 3.15. The average molecular weight is 432 g/mol. The Morgan fingerprint density at radius 3 is 2.59 bits per heavy atom. The number of carbonyl (C=O) groups is 1. The Bertz CT molecular complexity index is 1080. The topological polar surface area (TPSA) is 54.8 Å². The number of aromatic nitrogens is 1. The van der Waals surface area contributed by atoms with Gasteiger partial charge in [-0.2, -0.15) is 5.10 Å². The SMILES string of the molecule is Cc1cccc(/C(Cc2ccc(F)cc2)=N/N2C(=O)CC[C@H]2COCc2ccccc2)n1. The van der Waals surface area contributed by atoms with Crippen LogP contribution in [0, 0.1) is 12.7 Å². The minimum absolute atomic E-state index is 0.0254. The van der Waals surface area contributed by atoms with Crippen molar-refractivity contribution in [2.24, 2.45) is 5.10 Å². The predicted octanol–water partition coefficient (Wildman–Crippen LogP) is 4.68. The van der Waals surface area contributed by atoms with Crippen LogP contribution in [-0.2, 0) is 22.6 Å². The lowest BCUT2D eigenvalue weighted by molar-refractivity contribution is -0.129. The molecule has 1 fully saturated rings. The molecule has 6 heteroatoms. The van der Waals surface area contributed by atoms with Crippen molar-refractivity contribution in [2.45, 2.75) is 38.8 Å². The summed E-state index contributed by atoms with van der Waals surface area (Å²) in [6.45, 7) is 2.82. The number of carbonyl (C=O) groups excluding carboxylic acids is 1. The van der Waals surface area contributed by atoms with Gasteiger partial charge >= 0.3 is 0 Å². The smallest absolute Gasteiger partial charge is 0.243 e. The van der Waals surface area contributed by atoms with Crippen LogP contribution < -0.4 is 0 Å². The number of benzene rings is 2. The van der Waals surface area contributed by atoms with Crippen LogP contribution in [0.25, 0.3) is 0 Å². The highest BCUT2D eigenvalue weighted by Gasteiger charge is 2.32. The van der Waals surface area contributed by atoms with Crippen LogP contribution in [0.1, 0.15) is 35.4 Å². The third kappa shape index (κ3) is 5.65. The predicted molar refractivity (Wildman–Crippen MR) is 122 cm³/mol. The second-order valence-corrected chi connectivity index (χ2v) is 7.95. The molecule has 0 spiro atoms. The van der Waals surface area contributed by atoms with E-state index in [1.54, 1.807) is 17.1 Å². The number of amides is 1. The lowest BCUT2D eigenvalue weighted by Gasteiger charge is -2.21. The molecule has 1 aliphatic rings. The molecular formula is C26H26FN3O2. The molecule has 1 aromatic heterocycles.